The summed E-state index contributed by atoms with van der Waals surface area (Å²) < 4.78 is 10.4. The van der Waals surface area contributed by atoms with Crippen molar-refractivity contribution in [2.24, 2.45) is 0 Å². The number of methoxy groups -OCH3 is 1. The summed E-state index contributed by atoms with van der Waals surface area (Å²) in [5.41, 5.74) is 1.01. The van der Waals surface area contributed by atoms with Gasteiger partial charge >= 0.3 is 5.97 Å². The average molecular weight is 403 g/mol. The number of esters is 1. The molecule has 148 valence electrons. The summed E-state index contributed by atoms with van der Waals surface area (Å²) in [7, 11) is 1.51. The molecule has 1 fully saturated rings. The second kappa shape index (κ2) is 8.83. The van der Waals surface area contributed by atoms with Crippen LogP contribution in [-0.4, -0.2) is 42.5 Å². The minimum Gasteiger partial charge on any atom is -0.495 e. The maximum Gasteiger partial charge on any atom is 0.312 e. The SMILES string of the molecule is COc1ccccc1NC(=O)[C@@H](C)OC(=O)Cc1csc(N2CCCC2=O)n1. The minimum absolute atomic E-state index is 0.0464. The Bertz CT molecular complexity index is 882. The molecule has 1 atom stereocenters. The van der Waals surface area contributed by atoms with Crippen LogP contribution in [0.5, 0.6) is 5.75 Å². The third-order valence-corrected chi connectivity index (χ3v) is 5.12. The molecule has 2 amide bonds. The van der Waals surface area contributed by atoms with E-state index >= 15 is 0 Å². The van der Waals surface area contributed by atoms with Crippen molar-refractivity contribution in [3.05, 3.63) is 35.3 Å². The fraction of sp³-hybridized carbons (Fsp3) is 0.368. The van der Waals surface area contributed by atoms with Crippen molar-refractivity contribution in [1.82, 2.24) is 4.98 Å². The fourth-order valence-electron chi connectivity index (χ4n) is 2.77. The Balaban J connectivity index is 1.53. The summed E-state index contributed by atoms with van der Waals surface area (Å²) in [5.74, 6) is -0.460. The highest BCUT2D eigenvalue weighted by molar-refractivity contribution is 7.14. The molecule has 1 aromatic heterocycles. The summed E-state index contributed by atoms with van der Waals surface area (Å²) in [5, 5.41) is 4.99. The molecule has 2 heterocycles. The number of para-hydroxylation sites is 2. The van der Waals surface area contributed by atoms with Crippen LogP contribution in [0, 0.1) is 0 Å². The molecule has 1 aliphatic rings. The van der Waals surface area contributed by atoms with Crippen molar-refractivity contribution in [3.63, 3.8) is 0 Å². The van der Waals surface area contributed by atoms with Gasteiger partial charge in [-0.2, -0.15) is 0 Å². The van der Waals surface area contributed by atoms with Crippen LogP contribution < -0.4 is 15.0 Å². The van der Waals surface area contributed by atoms with Gasteiger partial charge in [-0.25, -0.2) is 4.98 Å². The van der Waals surface area contributed by atoms with Crippen molar-refractivity contribution in [1.29, 1.82) is 0 Å². The first kappa shape index (κ1) is 19.8. The number of nitrogens with zero attached hydrogens (tertiary/aromatic N) is 2. The van der Waals surface area contributed by atoms with E-state index in [9.17, 15) is 14.4 Å². The molecule has 0 bridgehead atoms. The number of aromatic nitrogens is 1. The first-order valence-corrected chi connectivity index (χ1v) is 9.74. The van der Waals surface area contributed by atoms with Crippen LogP contribution in [0.25, 0.3) is 0 Å². The van der Waals surface area contributed by atoms with E-state index in [-0.39, 0.29) is 12.3 Å². The summed E-state index contributed by atoms with van der Waals surface area (Å²) in [6, 6.07) is 6.97. The zero-order valence-corrected chi connectivity index (χ0v) is 16.5. The molecule has 28 heavy (non-hydrogen) atoms. The molecule has 1 aliphatic heterocycles. The number of ether oxygens (including phenoxy) is 2. The van der Waals surface area contributed by atoms with Gasteiger partial charge in [0.15, 0.2) is 11.2 Å². The quantitative estimate of drug-likeness (QED) is 0.713. The highest BCUT2D eigenvalue weighted by atomic mass is 32.1. The standard InChI is InChI=1S/C19H21N3O5S/c1-12(18(25)21-14-6-3-4-7-15(14)26-2)27-17(24)10-13-11-28-19(20-13)22-9-5-8-16(22)23/h3-4,6-7,11-12H,5,8-10H2,1-2H3,(H,21,25)/t12-/m1/s1. The maximum absolute atomic E-state index is 12.3. The van der Waals surface area contributed by atoms with Gasteiger partial charge in [0.2, 0.25) is 5.91 Å². The Morgan fingerprint density at radius 3 is 2.86 bits per heavy atom. The van der Waals surface area contributed by atoms with Crippen molar-refractivity contribution >= 4 is 39.9 Å². The van der Waals surface area contributed by atoms with Gasteiger partial charge in [-0.1, -0.05) is 12.1 Å². The third-order valence-electron chi connectivity index (χ3n) is 4.21. The van der Waals surface area contributed by atoms with Crippen molar-refractivity contribution in [2.75, 3.05) is 23.9 Å². The van der Waals surface area contributed by atoms with Crippen LogP contribution >= 0.6 is 11.3 Å². The molecule has 0 saturated carbocycles. The smallest absolute Gasteiger partial charge is 0.312 e. The number of thiazole rings is 1. The van der Waals surface area contributed by atoms with E-state index < -0.39 is 18.0 Å². The van der Waals surface area contributed by atoms with E-state index in [0.29, 0.717) is 35.2 Å². The molecule has 3 rings (SSSR count). The molecular formula is C19H21N3O5S. The van der Waals surface area contributed by atoms with Gasteiger partial charge < -0.3 is 14.8 Å². The van der Waals surface area contributed by atoms with Gasteiger partial charge in [0.05, 0.1) is 24.9 Å². The molecule has 8 nitrogen and oxygen atoms in total. The molecule has 2 aromatic rings. The minimum atomic E-state index is -0.976. The number of anilines is 2. The average Bonchev–Trinajstić information content (AvgIpc) is 3.30. The van der Waals surface area contributed by atoms with E-state index in [1.807, 2.05) is 0 Å². The second-order valence-electron chi connectivity index (χ2n) is 6.27. The van der Waals surface area contributed by atoms with E-state index in [1.165, 1.54) is 25.4 Å². The van der Waals surface area contributed by atoms with Crippen molar-refractivity contribution in [3.8, 4) is 5.75 Å². The number of hydrogen-bond donors (Lipinski definition) is 1. The molecule has 1 N–H and O–H groups in total. The van der Waals surface area contributed by atoms with Gasteiger partial charge in [-0.3, -0.25) is 19.3 Å². The molecule has 9 heteroatoms. The fourth-order valence-corrected chi connectivity index (χ4v) is 3.64. The van der Waals surface area contributed by atoms with Crippen LogP contribution in [-0.2, 0) is 25.5 Å². The Hall–Kier alpha value is -2.94. The predicted molar refractivity (Wildman–Crippen MR) is 105 cm³/mol. The summed E-state index contributed by atoms with van der Waals surface area (Å²) in [4.78, 5) is 42.2. The summed E-state index contributed by atoms with van der Waals surface area (Å²) in [6.45, 7) is 2.15. The topological polar surface area (TPSA) is 97.8 Å². The molecule has 0 radical (unpaired) electrons. The lowest BCUT2D eigenvalue weighted by atomic mass is 10.2. The Kier molecular flexibility index (Phi) is 6.25. The van der Waals surface area contributed by atoms with Crippen LogP contribution in [0.4, 0.5) is 10.8 Å². The zero-order chi connectivity index (χ0) is 20.1. The lowest BCUT2D eigenvalue weighted by molar-refractivity contribution is -0.152. The number of nitrogens with one attached hydrogen (secondary N) is 1. The van der Waals surface area contributed by atoms with Gasteiger partial charge in [0.1, 0.15) is 5.75 Å². The number of hydrogen-bond acceptors (Lipinski definition) is 7. The van der Waals surface area contributed by atoms with E-state index in [0.717, 1.165) is 6.42 Å². The van der Waals surface area contributed by atoms with Crippen LogP contribution in [0.1, 0.15) is 25.5 Å². The molecule has 0 spiro atoms. The van der Waals surface area contributed by atoms with Crippen LogP contribution in [0.15, 0.2) is 29.6 Å². The number of rotatable bonds is 7. The van der Waals surface area contributed by atoms with Crippen molar-refractivity contribution < 1.29 is 23.9 Å². The first-order valence-electron chi connectivity index (χ1n) is 8.86. The molecule has 1 saturated heterocycles. The van der Waals surface area contributed by atoms with Gasteiger partial charge in [0.25, 0.3) is 5.91 Å². The highest BCUT2D eigenvalue weighted by Crippen LogP contribution is 2.26. The number of amides is 2. The predicted octanol–water partition coefficient (Wildman–Crippen LogP) is 2.39. The molecule has 0 aliphatic carbocycles. The number of benzene rings is 1. The Morgan fingerprint density at radius 2 is 2.14 bits per heavy atom. The number of carbonyl (C=O) groups is 3. The van der Waals surface area contributed by atoms with Crippen LogP contribution in [0.3, 0.4) is 0 Å². The maximum atomic E-state index is 12.3. The zero-order valence-electron chi connectivity index (χ0n) is 15.6. The van der Waals surface area contributed by atoms with Gasteiger partial charge in [-0.05, 0) is 25.5 Å². The monoisotopic (exact) mass is 403 g/mol. The molecule has 1 aromatic carbocycles. The Labute approximate surface area is 166 Å². The van der Waals surface area contributed by atoms with Crippen molar-refractivity contribution in [2.45, 2.75) is 32.3 Å². The van der Waals surface area contributed by atoms with Gasteiger partial charge in [-0.15, -0.1) is 11.3 Å². The molecular weight excluding hydrogens is 382 g/mol. The summed E-state index contributed by atoms with van der Waals surface area (Å²) in [6.07, 6.45) is 0.297. The first-order chi connectivity index (χ1) is 13.5. The molecule has 0 unspecified atom stereocenters. The van der Waals surface area contributed by atoms with E-state index in [2.05, 4.69) is 10.3 Å². The van der Waals surface area contributed by atoms with E-state index in [1.54, 1.807) is 34.5 Å². The normalized spacial score (nSPS) is 14.6. The second-order valence-corrected chi connectivity index (χ2v) is 7.11. The summed E-state index contributed by atoms with van der Waals surface area (Å²) >= 11 is 1.32. The van der Waals surface area contributed by atoms with Gasteiger partial charge in [0, 0.05) is 18.3 Å². The highest BCUT2D eigenvalue weighted by Gasteiger charge is 2.25. The van der Waals surface area contributed by atoms with E-state index in [4.69, 9.17) is 9.47 Å². The lowest BCUT2D eigenvalue weighted by Crippen LogP contribution is -2.30. The lowest BCUT2D eigenvalue weighted by Gasteiger charge is -2.15. The Morgan fingerprint density at radius 1 is 1.36 bits per heavy atom. The number of carbonyl (C=O) groups excluding carboxylic acids is 3. The van der Waals surface area contributed by atoms with Crippen LogP contribution in [0.2, 0.25) is 0 Å². The largest absolute Gasteiger partial charge is 0.495 e. The third kappa shape index (κ3) is 4.66.